The molecule has 2 aromatic carbocycles. The zero-order valence-electron chi connectivity index (χ0n) is 12.8. The minimum Gasteiger partial charge on any atom is -0.496 e. The second kappa shape index (κ2) is 7.23. The highest BCUT2D eigenvalue weighted by Crippen LogP contribution is 2.21. The summed E-state index contributed by atoms with van der Waals surface area (Å²) >= 11 is 0. The van der Waals surface area contributed by atoms with Crippen LogP contribution in [0.1, 0.15) is 31.0 Å². The first-order valence-electron chi connectivity index (χ1n) is 7.24. The van der Waals surface area contributed by atoms with E-state index in [4.69, 9.17) is 4.74 Å². The Morgan fingerprint density at radius 1 is 1.05 bits per heavy atom. The van der Waals surface area contributed by atoms with Gasteiger partial charge >= 0.3 is 0 Å². The number of methoxy groups -OCH3 is 1. The van der Waals surface area contributed by atoms with Crippen LogP contribution < -0.4 is 10.1 Å². The molecule has 112 valence electrons. The van der Waals surface area contributed by atoms with Gasteiger partial charge in [0, 0.05) is 17.6 Å². The van der Waals surface area contributed by atoms with Gasteiger partial charge in [0.25, 0.3) is 0 Å². The topological polar surface area (TPSA) is 21.3 Å². The normalized spacial score (nSPS) is 13.7. The average molecular weight is 287 g/mol. The van der Waals surface area contributed by atoms with Crippen molar-refractivity contribution < 1.29 is 9.13 Å². The second-order valence-corrected chi connectivity index (χ2v) is 5.33. The van der Waals surface area contributed by atoms with E-state index >= 15 is 0 Å². The monoisotopic (exact) mass is 287 g/mol. The lowest BCUT2D eigenvalue weighted by atomic mass is 10.0. The molecule has 0 aliphatic carbocycles. The number of rotatable bonds is 6. The number of nitrogens with one attached hydrogen (secondary N) is 1. The van der Waals surface area contributed by atoms with Crippen molar-refractivity contribution in [1.82, 2.24) is 5.32 Å². The van der Waals surface area contributed by atoms with E-state index in [1.165, 1.54) is 6.07 Å². The van der Waals surface area contributed by atoms with Crippen molar-refractivity contribution in [3.8, 4) is 5.75 Å². The summed E-state index contributed by atoms with van der Waals surface area (Å²) in [5.74, 6) is 0.728. The van der Waals surface area contributed by atoms with Gasteiger partial charge in [-0.15, -0.1) is 0 Å². The molecule has 0 radical (unpaired) electrons. The molecule has 0 spiro atoms. The fraction of sp³-hybridized carbons (Fsp3) is 0.333. The lowest BCUT2D eigenvalue weighted by Crippen LogP contribution is -2.31. The Kier molecular flexibility index (Phi) is 5.34. The fourth-order valence-electron chi connectivity index (χ4n) is 2.60. The van der Waals surface area contributed by atoms with Gasteiger partial charge in [0.05, 0.1) is 7.11 Å². The highest BCUT2D eigenvalue weighted by molar-refractivity contribution is 5.33. The molecule has 0 aliphatic heterocycles. The van der Waals surface area contributed by atoms with Crippen LogP contribution in [0.15, 0.2) is 48.5 Å². The summed E-state index contributed by atoms with van der Waals surface area (Å²) in [7, 11) is 1.68. The van der Waals surface area contributed by atoms with Crippen LogP contribution in [0.5, 0.6) is 5.75 Å². The molecular weight excluding hydrogens is 265 g/mol. The number of para-hydroxylation sites is 1. The van der Waals surface area contributed by atoms with E-state index in [1.54, 1.807) is 13.2 Å². The molecule has 2 aromatic rings. The first kappa shape index (κ1) is 15.5. The molecule has 1 unspecified atom stereocenters. The average Bonchev–Trinajstić information content (AvgIpc) is 2.48. The van der Waals surface area contributed by atoms with Crippen LogP contribution >= 0.6 is 0 Å². The molecule has 1 N–H and O–H groups in total. The minimum atomic E-state index is -0.165. The number of ether oxygens (including phenoxy) is 1. The summed E-state index contributed by atoms with van der Waals surface area (Å²) in [4.78, 5) is 0. The van der Waals surface area contributed by atoms with Crippen molar-refractivity contribution >= 4 is 0 Å². The number of halogens is 1. The summed E-state index contributed by atoms with van der Waals surface area (Å²) in [6.07, 6.45) is 0.836. The summed E-state index contributed by atoms with van der Waals surface area (Å²) < 4.78 is 19.1. The van der Waals surface area contributed by atoms with E-state index in [9.17, 15) is 4.39 Å². The molecule has 0 saturated carbocycles. The lowest BCUT2D eigenvalue weighted by molar-refractivity contribution is 0.402. The largest absolute Gasteiger partial charge is 0.496 e. The van der Waals surface area contributed by atoms with Gasteiger partial charge in [0.1, 0.15) is 11.6 Å². The van der Waals surface area contributed by atoms with Gasteiger partial charge in [-0.2, -0.15) is 0 Å². The molecular formula is C18H22FNO. The zero-order valence-corrected chi connectivity index (χ0v) is 12.8. The number of hydrogen-bond donors (Lipinski definition) is 1. The maximum Gasteiger partial charge on any atom is 0.127 e. The SMILES string of the molecule is COc1ccccc1CC(C)N[C@H](C)c1ccccc1F. The molecule has 3 heteroatoms. The van der Waals surface area contributed by atoms with Crippen molar-refractivity contribution in [2.24, 2.45) is 0 Å². The molecule has 0 aliphatic rings. The van der Waals surface area contributed by atoms with Crippen LogP contribution in [0.4, 0.5) is 4.39 Å². The Morgan fingerprint density at radius 3 is 2.43 bits per heavy atom. The summed E-state index contributed by atoms with van der Waals surface area (Å²) in [5.41, 5.74) is 1.85. The first-order valence-corrected chi connectivity index (χ1v) is 7.24. The van der Waals surface area contributed by atoms with Gasteiger partial charge in [-0.05, 0) is 38.0 Å². The summed E-state index contributed by atoms with van der Waals surface area (Å²) in [6, 6.07) is 15.1. The van der Waals surface area contributed by atoms with Gasteiger partial charge < -0.3 is 10.1 Å². The van der Waals surface area contributed by atoms with Crippen molar-refractivity contribution in [3.05, 3.63) is 65.5 Å². The Balaban J connectivity index is 2.01. The summed E-state index contributed by atoms with van der Waals surface area (Å²) in [5, 5.41) is 3.44. The molecule has 21 heavy (non-hydrogen) atoms. The third-order valence-electron chi connectivity index (χ3n) is 3.62. The van der Waals surface area contributed by atoms with Gasteiger partial charge in [-0.1, -0.05) is 36.4 Å². The van der Waals surface area contributed by atoms with Crippen LogP contribution in [0.25, 0.3) is 0 Å². The number of hydrogen-bond acceptors (Lipinski definition) is 2. The molecule has 0 saturated heterocycles. The van der Waals surface area contributed by atoms with Gasteiger partial charge in [0.15, 0.2) is 0 Å². The third-order valence-corrected chi connectivity index (χ3v) is 3.62. The second-order valence-electron chi connectivity index (χ2n) is 5.33. The molecule has 2 atom stereocenters. The predicted molar refractivity (Wildman–Crippen MR) is 84.1 cm³/mol. The smallest absolute Gasteiger partial charge is 0.127 e. The minimum absolute atomic E-state index is 0.0316. The Bertz CT molecular complexity index is 585. The van der Waals surface area contributed by atoms with Crippen LogP contribution in [-0.2, 0) is 6.42 Å². The van der Waals surface area contributed by atoms with Crippen LogP contribution in [0.2, 0.25) is 0 Å². The molecule has 2 rings (SSSR count). The molecule has 0 amide bonds. The molecule has 2 nitrogen and oxygen atoms in total. The van der Waals surface area contributed by atoms with Crippen molar-refractivity contribution in [2.75, 3.05) is 7.11 Å². The zero-order chi connectivity index (χ0) is 15.2. The van der Waals surface area contributed by atoms with E-state index in [2.05, 4.69) is 18.3 Å². The highest BCUT2D eigenvalue weighted by Gasteiger charge is 2.14. The number of benzene rings is 2. The molecule has 0 aromatic heterocycles. The van der Waals surface area contributed by atoms with E-state index in [0.717, 1.165) is 17.7 Å². The van der Waals surface area contributed by atoms with Crippen LogP contribution in [0.3, 0.4) is 0 Å². The maximum absolute atomic E-state index is 13.8. The first-order chi connectivity index (χ1) is 10.1. The van der Waals surface area contributed by atoms with Crippen molar-refractivity contribution in [1.29, 1.82) is 0 Å². The highest BCUT2D eigenvalue weighted by atomic mass is 19.1. The van der Waals surface area contributed by atoms with Crippen LogP contribution in [0, 0.1) is 5.82 Å². The van der Waals surface area contributed by atoms with Crippen LogP contribution in [-0.4, -0.2) is 13.2 Å². The molecule has 0 bridgehead atoms. The Hall–Kier alpha value is -1.87. The fourth-order valence-corrected chi connectivity index (χ4v) is 2.60. The Morgan fingerprint density at radius 2 is 1.71 bits per heavy atom. The maximum atomic E-state index is 13.8. The molecule has 0 heterocycles. The van der Waals surface area contributed by atoms with Gasteiger partial charge in [0.2, 0.25) is 0 Å². The molecule has 0 fully saturated rings. The van der Waals surface area contributed by atoms with E-state index in [0.29, 0.717) is 5.56 Å². The van der Waals surface area contributed by atoms with E-state index in [1.807, 2.05) is 37.3 Å². The standard InChI is InChI=1S/C18H22FNO/c1-13(12-15-8-4-7-11-18(15)21-3)20-14(2)16-9-5-6-10-17(16)19/h4-11,13-14,20H,12H2,1-3H3/t13?,14-/m1/s1. The van der Waals surface area contributed by atoms with Gasteiger partial charge in [-0.3, -0.25) is 0 Å². The third kappa shape index (κ3) is 4.05. The van der Waals surface area contributed by atoms with E-state index < -0.39 is 0 Å². The predicted octanol–water partition coefficient (Wildman–Crippen LogP) is 4.12. The van der Waals surface area contributed by atoms with Gasteiger partial charge in [-0.25, -0.2) is 4.39 Å². The summed E-state index contributed by atoms with van der Waals surface area (Å²) in [6.45, 7) is 4.08. The Labute approximate surface area is 126 Å². The van der Waals surface area contributed by atoms with Crippen molar-refractivity contribution in [2.45, 2.75) is 32.4 Å². The van der Waals surface area contributed by atoms with E-state index in [-0.39, 0.29) is 17.9 Å². The quantitative estimate of drug-likeness (QED) is 0.863. The lowest BCUT2D eigenvalue weighted by Gasteiger charge is -2.21. The van der Waals surface area contributed by atoms with Crippen molar-refractivity contribution in [3.63, 3.8) is 0 Å².